The molecular weight excluding hydrogens is 337 g/mol. The number of carbonyl (C=O) groups is 1. The molecule has 0 heterocycles. The number of hydrogen-bond acceptors (Lipinski definition) is 3. The number of carbonyl (C=O) groups excluding carboxylic acids is 1. The number of nitrogens with one attached hydrogen (secondary N) is 2. The summed E-state index contributed by atoms with van der Waals surface area (Å²) in [6.45, 7) is 0.0570. The first-order valence-electron chi connectivity index (χ1n) is 6.20. The maximum absolute atomic E-state index is 12.7. The third-order valence-corrected chi connectivity index (χ3v) is 3.04. The normalized spacial score (nSPS) is 10.6. The lowest BCUT2D eigenvalue weighted by Gasteiger charge is -2.04. The van der Waals surface area contributed by atoms with Crippen LogP contribution >= 0.6 is 15.9 Å². The Bertz CT molecular complexity index is 644. The van der Waals surface area contributed by atoms with E-state index in [0.717, 1.165) is 10.0 Å². The standard InChI is InChI=1S/C15H13BrFN3O/c16-12-3-1-2-11(8-12)9-19-20-15(21)10-18-14-6-4-13(17)5-7-14/h1-9,18H,10H2,(H,20,21)/b19-9-. The zero-order valence-corrected chi connectivity index (χ0v) is 12.6. The Labute approximate surface area is 130 Å². The fourth-order valence-corrected chi connectivity index (χ4v) is 1.97. The third kappa shape index (κ3) is 5.35. The van der Waals surface area contributed by atoms with Crippen LogP contribution < -0.4 is 10.7 Å². The zero-order chi connectivity index (χ0) is 15.1. The molecule has 0 saturated carbocycles. The molecule has 108 valence electrons. The van der Waals surface area contributed by atoms with Gasteiger partial charge in [0.2, 0.25) is 0 Å². The van der Waals surface area contributed by atoms with Crippen LogP contribution in [0, 0.1) is 5.82 Å². The summed E-state index contributed by atoms with van der Waals surface area (Å²) in [7, 11) is 0. The lowest BCUT2D eigenvalue weighted by Crippen LogP contribution is -2.25. The molecule has 0 aromatic heterocycles. The Hall–Kier alpha value is -2.21. The van der Waals surface area contributed by atoms with Gasteiger partial charge in [0.15, 0.2) is 0 Å². The number of anilines is 1. The van der Waals surface area contributed by atoms with Crippen LogP contribution in [-0.4, -0.2) is 18.7 Å². The van der Waals surface area contributed by atoms with Crippen LogP contribution in [0.2, 0.25) is 0 Å². The maximum atomic E-state index is 12.7. The van der Waals surface area contributed by atoms with Gasteiger partial charge >= 0.3 is 0 Å². The molecule has 2 aromatic rings. The molecule has 0 bridgehead atoms. The molecule has 0 saturated heterocycles. The van der Waals surface area contributed by atoms with Gasteiger partial charge in [0.05, 0.1) is 12.8 Å². The maximum Gasteiger partial charge on any atom is 0.259 e. The molecule has 1 amide bonds. The van der Waals surface area contributed by atoms with Gasteiger partial charge in [0.1, 0.15) is 5.82 Å². The van der Waals surface area contributed by atoms with E-state index in [1.54, 1.807) is 18.3 Å². The van der Waals surface area contributed by atoms with Gasteiger partial charge in [-0.3, -0.25) is 4.79 Å². The van der Waals surface area contributed by atoms with E-state index in [0.29, 0.717) is 5.69 Å². The summed E-state index contributed by atoms with van der Waals surface area (Å²) in [4.78, 5) is 11.6. The van der Waals surface area contributed by atoms with E-state index >= 15 is 0 Å². The number of halogens is 2. The smallest absolute Gasteiger partial charge is 0.259 e. The molecule has 2 rings (SSSR count). The Morgan fingerprint density at radius 1 is 1.24 bits per heavy atom. The van der Waals surface area contributed by atoms with E-state index in [2.05, 4.69) is 31.8 Å². The van der Waals surface area contributed by atoms with Crippen molar-refractivity contribution in [3.63, 3.8) is 0 Å². The fourth-order valence-electron chi connectivity index (χ4n) is 1.56. The molecule has 0 aliphatic heterocycles. The highest BCUT2D eigenvalue weighted by Gasteiger charge is 1.99. The Balaban J connectivity index is 1.78. The van der Waals surface area contributed by atoms with Gasteiger partial charge < -0.3 is 5.32 Å². The predicted octanol–water partition coefficient (Wildman–Crippen LogP) is 3.15. The molecule has 0 aliphatic rings. The van der Waals surface area contributed by atoms with E-state index in [4.69, 9.17) is 0 Å². The summed E-state index contributed by atoms with van der Waals surface area (Å²) in [6, 6.07) is 13.3. The van der Waals surface area contributed by atoms with Gasteiger partial charge in [-0.25, -0.2) is 9.82 Å². The minimum Gasteiger partial charge on any atom is -0.376 e. The lowest BCUT2D eigenvalue weighted by atomic mass is 10.2. The Kier molecular flexibility index (Phi) is 5.45. The van der Waals surface area contributed by atoms with E-state index in [1.165, 1.54) is 12.1 Å². The summed E-state index contributed by atoms with van der Waals surface area (Å²) in [6.07, 6.45) is 1.56. The number of nitrogens with zero attached hydrogens (tertiary/aromatic N) is 1. The van der Waals surface area contributed by atoms with Crippen LogP contribution in [-0.2, 0) is 4.79 Å². The molecule has 0 unspecified atom stereocenters. The number of hydrazone groups is 1. The van der Waals surface area contributed by atoms with Crippen molar-refractivity contribution in [1.82, 2.24) is 5.43 Å². The van der Waals surface area contributed by atoms with E-state index < -0.39 is 0 Å². The Morgan fingerprint density at radius 2 is 2.00 bits per heavy atom. The largest absolute Gasteiger partial charge is 0.376 e. The average molecular weight is 350 g/mol. The molecule has 0 aliphatic carbocycles. The molecule has 0 radical (unpaired) electrons. The van der Waals surface area contributed by atoms with Crippen molar-refractivity contribution in [2.24, 2.45) is 5.10 Å². The van der Waals surface area contributed by atoms with Gasteiger partial charge in [0, 0.05) is 10.2 Å². The topological polar surface area (TPSA) is 53.5 Å². The Morgan fingerprint density at radius 3 is 2.71 bits per heavy atom. The van der Waals surface area contributed by atoms with Crippen LogP contribution in [0.4, 0.5) is 10.1 Å². The lowest BCUT2D eigenvalue weighted by molar-refractivity contribution is -0.119. The van der Waals surface area contributed by atoms with Crippen molar-refractivity contribution in [1.29, 1.82) is 0 Å². The van der Waals surface area contributed by atoms with Gasteiger partial charge in [-0.1, -0.05) is 28.1 Å². The van der Waals surface area contributed by atoms with Crippen LogP contribution in [0.15, 0.2) is 58.1 Å². The van der Waals surface area contributed by atoms with Crippen molar-refractivity contribution in [3.05, 3.63) is 64.4 Å². The summed E-state index contributed by atoms with van der Waals surface area (Å²) in [5, 5.41) is 6.73. The van der Waals surface area contributed by atoms with Crippen molar-refractivity contribution < 1.29 is 9.18 Å². The first kappa shape index (κ1) is 15.2. The SMILES string of the molecule is O=C(CNc1ccc(F)cc1)N/N=C\c1cccc(Br)c1. The highest BCUT2D eigenvalue weighted by molar-refractivity contribution is 9.10. The minimum absolute atomic E-state index is 0.0570. The number of hydrogen-bond donors (Lipinski definition) is 2. The van der Waals surface area contributed by atoms with Gasteiger partial charge in [-0.2, -0.15) is 5.10 Å². The van der Waals surface area contributed by atoms with Crippen molar-refractivity contribution in [2.45, 2.75) is 0 Å². The van der Waals surface area contributed by atoms with Crippen molar-refractivity contribution in [2.75, 3.05) is 11.9 Å². The molecule has 0 spiro atoms. The quantitative estimate of drug-likeness (QED) is 0.643. The van der Waals surface area contributed by atoms with Crippen molar-refractivity contribution >= 4 is 33.7 Å². The second-order valence-corrected chi connectivity index (χ2v) is 5.12. The number of benzene rings is 2. The molecule has 2 N–H and O–H groups in total. The predicted molar refractivity (Wildman–Crippen MR) is 84.8 cm³/mol. The zero-order valence-electron chi connectivity index (χ0n) is 11.0. The fraction of sp³-hybridized carbons (Fsp3) is 0.0667. The van der Waals surface area contributed by atoms with E-state index in [-0.39, 0.29) is 18.3 Å². The number of amides is 1. The van der Waals surface area contributed by atoms with E-state index in [1.807, 2.05) is 24.3 Å². The van der Waals surface area contributed by atoms with Gasteiger partial charge in [0.25, 0.3) is 5.91 Å². The molecule has 6 heteroatoms. The number of rotatable bonds is 5. The second-order valence-electron chi connectivity index (χ2n) is 4.21. The van der Waals surface area contributed by atoms with Crippen LogP contribution in [0.1, 0.15) is 5.56 Å². The van der Waals surface area contributed by atoms with Crippen LogP contribution in [0.25, 0.3) is 0 Å². The summed E-state index contributed by atoms with van der Waals surface area (Å²) in [5.41, 5.74) is 3.95. The van der Waals surface area contributed by atoms with Gasteiger partial charge in [-0.05, 0) is 42.0 Å². The van der Waals surface area contributed by atoms with E-state index in [9.17, 15) is 9.18 Å². The van der Waals surface area contributed by atoms with Gasteiger partial charge in [-0.15, -0.1) is 0 Å². The van der Waals surface area contributed by atoms with Crippen LogP contribution in [0.3, 0.4) is 0 Å². The van der Waals surface area contributed by atoms with Crippen LogP contribution in [0.5, 0.6) is 0 Å². The first-order chi connectivity index (χ1) is 10.1. The second kappa shape index (κ2) is 7.54. The summed E-state index contributed by atoms with van der Waals surface area (Å²) in [5.74, 6) is -0.603. The molecule has 0 fully saturated rings. The third-order valence-electron chi connectivity index (χ3n) is 2.55. The minimum atomic E-state index is -0.316. The molecule has 2 aromatic carbocycles. The first-order valence-corrected chi connectivity index (χ1v) is 7.00. The average Bonchev–Trinajstić information content (AvgIpc) is 2.47. The highest BCUT2D eigenvalue weighted by atomic mass is 79.9. The molecular formula is C15H13BrFN3O. The molecule has 4 nitrogen and oxygen atoms in total. The van der Waals surface area contributed by atoms with Crippen molar-refractivity contribution in [3.8, 4) is 0 Å². The monoisotopic (exact) mass is 349 g/mol. The highest BCUT2D eigenvalue weighted by Crippen LogP contribution is 2.10. The molecule has 21 heavy (non-hydrogen) atoms. The summed E-state index contributed by atoms with van der Waals surface area (Å²) >= 11 is 3.35. The summed E-state index contributed by atoms with van der Waals surface area (Å²) < 4.78 is 13.7. The molecule has 0 atom stereocenters.